The lowest BCUT2D eigenvalue weighted by molar-refractivity contribution is -0.123. The Morgan fingerprint density at radius 3 is 2.22 bits per heavy atom. The van der Waals surface area contributed by atoms with Crippen molar-refractivity contribution < 1.29 is 14.0 Å². The second-order valence-corrected chi connectivity index (χ2v) is 7.15. The van der Waals surface area contributed by atoms with Crippen LogP contribution in [0.15, 0.2) is 53.4 Å². The summed E-state index contributed by atoms with van der Waals surface area (Å²) in [6, 6.07) is 13.7. The maximum Gasteiger partial charge on any atom is 0.293 e. The summed E-state index contributed by atoms with van der Waals surface area (Å²) in [5.41, 5.74) is 2.71. The van der Waals surface area contributed by atoms with Crippen LogP contribution in [-0.2, 0) is 11.3 Å². The number of benzene rings is 2. The molecular formula is C21H21FN2O2S. The Labute approximate surface area is 162 Å². The van der Waals surface area contributed by atoms with E-state index in [0.717, 1.165) is 36.1 Å². The second-order valence-electron chi connectivity index (χ2n) is 6.16. The van der Waals surface area contributed by atoms with E-state index in [1.807, 2.05) is 24.3 Å². The Morgan fingerprint density at radius 2 is 1.63 bits per heavy atom. The molecule has 0 spiro atoms. The molecule has 0 atom stereocenters. The fourth-order valence-corrected chi connectivity index (χ4v) is 3.77. The second kappa shape index (κ2) is 8.39. The molecule has 2 aromatic carbocycles. The fraction of sp³-hybridized carbons (Fsp3) is 0.238. The van der Waals surface area contributed by atoms with Crippen LogP contribution in [0.2, 0.25) is 0 Å². The van der Waals surface area contributed by atoms with E-state index in [4.69, 9.17) is 0 Å². The van der Waals surface area contributed by atoms with Gasteiger partial charge in [0.05, 0.1) is 11.4 Å². The number of nitrogens with zero attached hydrogens (tertiary/aromatic N) is 2. The third-order valence-corrected chi connectivity index (χ3v) is 5.35. The van der Waals surface area contributed by atoms with Crippen LogP contribution in [0.5, 0.6) is 0 Å². The first-order valence-corrected chi connectivity index (χ1v) is 9.68. The summed E-state index contributed by atoms with van der Waals surface area (Å²) < 4.78 is 13.0. The lowest BCUT2D eigenvalue weighted by Crippen LogP contribution is -2.27. The van der Waals surface area contributed by atoms with Gasteiger partial charge in [-0.3, -0.25) is 14.5 Å². The van der Waals surface area contributed by atoms with Crippen LogP contribution >= 0.6 is 11.8 Å². The average Bonchev–Trinajstić information content (AvgIpc) is 2.93. The zero-order chi connectivity index (χ0) is 19.4. The van der Waals surface area contributed by atoms with Gasteiger partial charge in [-0.2, -0.15) is 0 Å². The number of anilines is 1. The van der Waals surface area contributed by atoms with Crippen molar-refractivity contribution >= 4 is 34.7 Å². The Hall–Kier alpha value is -2.60. The first kappa shape index (κ1) is 19.2. The van der Waals surface area contributed by atoms with E-state index < -0.39 is 0 Å². The van der Waals surface area contributed by atoms with Crippen LogP contribution in [0.1, 0.15) is 25.0 Å². The molecule has 1 aliphatic rings. The highest BCUT2D eigenvalue weighted by atomic mass is 32.2. The molecule has 4 nitrogen and oxygen atoms in total. The Balaban J connectivity index is 1.74. The van der Waals surface area contributed by atoms with E-state index in [9.17, 15) is 14.0 Å². The van der Waals surface area contributed by atoms with Crippen molar-refractivity contribution in [1.29, 1.82) is 0 Å². The molecule has 0 radical (unpaired) electrons. The molecule has 27 heavy (non-hydrogen) atoms. The molecule has 2 amide bonds. The number of halogens is 1. The SMILES string of the molecule is CCN(CC)c1ccc(/C=C2/SC(=O)N(Cc3ccc(F)cc3)C2=O)cc1. The molecule has 0 aromatic heterocycles. The molecule has 0 aliphatic carbocycles. The minimum absolute atomic E-state index is 0.142. The van der Waals surface area contributed by atoms with E-state index in [-0.39, 0.29) is 23.5 Å². The van der Waals surface area contributed by atoms with Gasteiger partial charge >= 0.3 is 0 Å². The quantitative estimate of drug-likeness (QED) is 0.664. The summed E-state index contributed by atoms with van der Waals surface area (Å²) in [6.45, 7) is 6.21. The number of imide groups is 1. The van der Waals surface area contributed by atoms with Crippen molar-refractivity contribution in [2.45, 2.75) is 20.4 Å². The third-order valence-electron chi connectivity index (χ3n) is 4.45. The minimum Gasteiger partial charge on any atom is -0.372 e. The van der Waals surface area contributed by atoms with Crippen LogP contribution in [0, 0.1) is 5.82 Å². The number of hydrogen-bond donors (Lipinski definition) is 0. The molecule has 2 aromatic rings. The molecule has 140 valence electrons. The zero-order valence-electron chi connectivity index (χ0n) is 15.3. The van der Waals surface area contributed by atoms with Crippen LogP contribution in [-0.4, -0.2) is 29.1 Å². The van der Waals surface area contributed by atoms with Crippen LogP contribution in [0.4, 0.5) is 14.9 Å². The molecule has 6 heteroatoms. The normalized spacial score (nSPS) is 15.7. The monoisotopic (exact) mass is 384 g/mol. The van der Waals surface area contributed by atoms with Gasteiger partial charge in [-0.15, -0.1) is 0 Å². The first-order valence-electron chi connectivity index (χ1n) is 8.86. The molecule has 1 heterocycles. The number of amides is 2. The Bertz CT molecular complexity index is 859. The van der Waals surface area contributed by atoms with Gasteiger partial charge in [0.15, 0.2) is 0 Å². The van der Waals surface area contributed by atoms with Gasteiger partial charge < -0.3 is 4.90 Å². The summed E-state index contributed by atoms with van der Waals surface area (Å²) in [5.74, 6) is -0.664. The highest BCUT2D eigenvalue weighted by Crippen LogP contribution is 2.33. The lowest BCUT2D eigenvalue weighted by atomic mass is 10.1. The van der Waals surface area contributed by atoms with E-state index >= 15 is 0 Å². The molecule has 0 N–H and O–H groups in total. The average molecular weight is 384 g/mol. The maximum atomic E-state index is 13.0. The zero-order valence-corrected chi connectivity index (χ0v) is 16.1. The molecule has 3 rings (SSSR count). The highest BCUT2D eigenvalue weighted by Gasteiger charge is 2.34. The Kier molecular flexibility index (Phi) is 5.96. The van der Waals surface area contributed by atoms with Crippen molar-refractivity contribution in [1.82, 2.24) is 4.90 Å². The predicted octanol–water partition coefficient (Wildman–Crippen LogP) is 4.91. The number of hydrogen-bond acceptors (Lipinski definition) is 4. The van der Waals surface area contributed by atoms with Crippen molar-refractivity contribution in [2.75, 3.05) is 18.0 Å². The number of carbonyl (C=O) groups excluding carboxylic acids is 2. The summed E-state index contributed by atoms with van der Waals surface area (Å²) in [7, 11) is 0. The van der Waals surface area contributed by atoms with Crippen molar-refractivity contribution in [2.24, 2.45) is 0 Å². The van der Waals surface area contributed by atoms with Crippen molar-refractivity contribution in [3.63, 3.8) is 0 Å². The van der Waals surface area contributed by atoms with Gasteiger partial charge in [0, 0.05) is 18.8 Å². The summed E-state index contributed by atoms with van der Waals surface area (Å²) >= 11 is 0.933. The Morgan fingerprint density at radius 1 is 1.00 bits per heavy atom. The van der Waals surface area contributed by atoms with Crippen molar-refractivity contribution in [3.8, 4) is 0 Å². The topological polar surface area (TPSA) is 40.6 Å². The van der Waals surface area contributed by atoms with Gasteiger partial charge in [-0.05, 0) is 67.1 Å². The smallest absolute Gasteiger partial charge is 0.293 e. The predicted molar refractivity (Wildman–Crippen MR) is 108 cm³/mol. The van der Waals surface area contributed by atoms with Gasteiger partial charge in [0.2, 0.25) is 0 Å². The number of carbonyl (C=O) groups is 2. The third kappa shape index (κ3) is 4.39. The largest absolute Gasteiger partial charge is 0.372 e. The lowest BCUT2D eigenvalue weighted by Gasteiger charge is -2.20. The fourth-order valence-electron chi connectivity index (χ4n) is 2.93. The van der Waals surface area contributed by atoms with Crippen LogP contribution < -0.4 is 4.90 Å². The molecule has 1 fully saturated rings. The molecule has 0 unspecified atom stereocenters. The van der Waals surface area contributed by atoms with E-state index in [2.05, 4.69) is 18.7 Å². The van der Waals surface area contributed by atoms with Crippen LogP contribution in [0.3, 0.4) is 0 Å². The molecule has 1 aliphatic heterocycles. The summed E-state index contributed by atoms with van der Waals surface area (Å²) in [6.07, 6.45) is 1.74. The van der Waals surface area contributed by atoms with Crippen LogP contribution in [0.25, 0.3) is 6.08 Å². The minimum atomic E-state index is -0.346. The number of thioether (sulfide) groups is 1. The first-order chi connectivity index (χ1) is 13.0. The maximum absolute atomic E-state index is 13.0. The van der Waals surface area contributed by atoms with Gasteiger partial charge in [-0.25, -0.2) is 4.39 Å². The molecule has 0 saturated carbocycles. The summed E-state index contributed by atoms with van der Waals surface area (Å²) in [5, 5.41) is -0.310. The standard InChI is InChI=1S/C21H21FN2O2S/c1-3-23(4-2)18-11-7-15(8-12-18)13-19-20(25)24(21(26)27-19)14-16-5-9-17(22)10-6-16/h5-13H,3-4,14H2,1-2H3/b19-13+. The molecule has 1 saturated heterocycles. The highest BCUT2D eigenvalue weighted by molar-refractivity contribution is 8.18. The number of rotatable bonds is 6. The van der Waals surface area contributed by atoms with Gasteiger partial charge in [0.25, 0.3) is 11.1 Å². The van der Waals surface area contributed by atoms with E-state index in [1.165, 1.54) is 17.0 Å². The van der Waals surface area contributed by atoms with E-state index in [0.29, 0.717) is 10.5 Å². The molecule has 0 bridgehead atoms. The molecular weight excluding hydrogens is 363 g/mol. The van der Waals surface area contributed by atoms with Gasteiger partial charge in [0.1, 0.15) is 5.82 Å². The summed E-state index contributed by atoms with van der Waals surface area (Å²) in [4.78, 5) is 28.6. The van der Waals surface area contributed by atoms with E-state index in [1.54, 1.807) is 18.2 Å². The van der Waals surface area contributed by atoms with Crippen molar-refractivity contribution in [3.05, 3.63) is 70.4 Å². The van der Waals surface area contributed by atoms with Gasteiger partial charge in [-0.1, -0.05) is 24.3 Å².